The molecule has 7 heteroatoms. The van der Waals surface area contributed by atoms with E-state index in [4.69, 9.17) is 4.74 Å². The minimum absolute atomic E-state index is 0.344. The molecule has 0 radical (unpaired) electrons. The number of methoxy groups -OCH3 is 1. The van der Waals surface area contributed by atoms with E-state index in [9.17, 15) is 19.5 Å². The van der Waals surface area contributed by atoms with Gasteiger partial charge in [0.05, 0.1) is 24.5 Å². The second-order valence-electron chi connectivity index (χ2n) is 7.20. The Morgan fingerprint density at radius 1 is 1.26 bits per heavy atom. The maximum atomic E-state index is 12.8. The minimum Gasteiger partial charge on any atom is -0.481 e. The first-order valence-corrected chi connectivity index (χ1v) is 10.2. The van der Waals surface area contributed by atoms with Crippen LogP contribution in [0.25, 0.3) is 0 Å². The summed E-state index contributed by atoms with van der Waals surface area (Å²) in [5.41, 5.74) is 1.42. The van der Waals surface area contributed by atoms with Crippen molar-refractivity contribution < 1.29 is 24.2 Å². The van der Waals surface area contributed by atoms with Crippen LogP contribution in [0.1, 0.15) is 53.4 Å². The quantitative estimate of drug-likeness (QED) is 0.590. The van der Waals surface area contributed by atoms with Crippen LogP contribution in [-0.4, -0.2) is 30.1 Å². The number of carbonyl (C=O) groups excluding carboxylic acids is 2. The predicted molar refractivity (Wildman–Crippen MR) is 103 cm³/mol. The molecule has 0 fully saturated rings. The van der Waals surface area contributed by atoms with Gasteiger partial charge in [0.25, 0.3) is 0 Å². The molecule has 1 aromatic heterocycles. The summed E-state index contributed by atoms with van der Waals surface area (Å²) >= 11 is 1.43. The Bertz CT molecular complexity index is 782. The standard InChI is InChI=1S/C20H25NO5S/c1-3-11-8-9-14-15(10-11)27-18(16(14)20(25)26-2)21-17(22)12-6-4-5-7-13(12)19(23)24/h4-5,11-13H,3,6-10H2,1-2H3,(H,21,22)(H,23,24)/t11-,12+,13+/m1/s1. The van der Waals surface area contributed by atoms with Gasteiger partial charge in [-0.1, -0.05) is 25.5 Å². The third-order valence-corrected chi connectivity index (χ3v) is 6.83. The summed E-state index contributed by atoms with van der Waals surface area (Å²) in [5, 5.41) is 12.8. The maximum Gasteiger partial charge on any atom is 0.341 e. The Labute approximate surface area is 162 Å². The van der Waals surface area contributed by atoms with Crippen LogP contribution in [0.3, 0.4) is 0 Å². The highest BCUT2D eigenvalue weighted by atomic mass is 32.1. The van der Waals surface area contributed by atoms with Crippen LogP contribution in [0.4, 0.5) is 5.00 Å². The number of fused-ring (bicyclic) bond motifs is 1. The van der Waals surface area contributed by atoms with E-state index >= 15 is 0 Å². The number of allylic oxidation sites excluding steroid dienone is 2. The normalized spacial score (nSPS) is 24.1. The molecule has 0 aromatic carbocycles. The van der Waals surface area contributed by atoms with E-state index in [1.54, 1.807) is 6.08 Å². The number of hydrogen-bond acceptors (Lipinski definition) is 5. The zero-order chi connectivity index (χ0) is 19.6. The lowest BCUT2D eigenvalue weighted by Gasteiger charge is -2.24. The molecule has 3 rings (SSSR count). The van der Waals surface area contributed by atoms with Crippen molar-refractivity contribution in [1.82, 2.24) is 0 Å². The van der Waals surface area contributed by atoms with Gasteiger partial charge in [-0.25, -0.2) is 4.79 Å². The Morgan fingerprint density at radius 2 is 1.96 bits per heavy atom. The van der Waals surface area contributed by atoms with E-state index in [2.05, 4.69) is 12.2 Å². The van der Waals surface area contributed by atoms with Crippen LogP contribution in [0.15, 0.2) is 12.2 Å². The van der Waals surface area contributed by atoms with E-state index < -0.39 is 23.8 Å². The number of thiophene rings is 1. The number of hydrogen-bond donors (Lipinski definition) is 2. The zero-order valence-electron chi connectivity index (χ0n) is 15.6. The minimum atomic E-state index is -0.969. The molecule has 2 N–H and O–H groups in total. The monoisotopic (exact) mass is 391 g/mol. The van der Waals surface area contributed by atoms with Crippen molar-refractivity contribution >= 4 is 34.2 Å². The van der Waals surface area contributed by atoms with Gasteiger partial charge in [0, 0.05) is 4.88 Å². The number of esters is 1. The van der Waals surface area contributed by atoms with Crippen molar-refractivity contribution in [2.75, 3.05) is 12.4 Å². The van der Waals surface area contributed by atoms with Gasteiger partial charge in [0.15, 0.2) is 0 Å². The number of aliphatic carboxylic acids is 1. The van der Waals surface area contributed by atoms with Gasteiger partial charge in [0.1, 0.15) is 5.00 Å². The van der Waals surface area contributed by atoms with Crippen LogP contribution < -0.4 is 5.32 Å². The highest BCUT2D eigenvalue weighted by Crippen LogP contribution is 2.41. The number of nitrogens with one attached hydrogen (secondary N) is 1. The summed E-state index contributed by atoms with van der Waals surface area (Å²) in [7, 11) is 1.34. The molecule has 0 aliphatic heterocycles. The number of carboxylic acids is 1. The van der Waals surface area contributed by atoms with Gasteiger partial charge in [0.2, 0.25) is 5.91 Å². The smallest absolute Gasteiger partial charge is 0.341 e. The van der Waals surface area contributed by atoms with Crippen LogP contribution in [0.2, 0.25) is 0 Å². The van der Waals surface area contributed by atoms with E-state index in [1.807, 2.05) is 6.08 Å². The number of carbonyl (C=O) groups is 3. The Balaban J connectivity index is 1.89. The molecule has 6 nitrogen and oxygen atoms in total. The van der Waals surface area contributed by atoms with Gasteiger partial charge >= 0.3 is 11.9 Å². The van der Waals surface area contributed by atoms with E-state index in [-0.39, 0.29) is 5.91 Å². The largest absolute Gasteiger partial charge is 0.481 e. The Kier molecular flexibility index (Phi) is 5.99. The molecular formula is C20H25NO5S. The van der Waals surface area contributed by atoms with Crippen molar-refractivity contribution in [3.63, 3.8) is 0 Å². The van der Waals surface area contributed by atoms with Crippen molar-refractivity contribution in [3.8, 4) is 0 Å². The fourth-order valence-electron chi connectivity index (χ4n) is 3.99. The summed E-state index contributed by atoms with van der Waals surface area (Å²) in [4.78, 5) is 37.8. The fourth-order valence-corrected chi connectivity index (χ4v) is 5.34. The summed E-state index contributed by atoms with van der Waals surface area (Å²) in [6.45, 7) is 2.16. The molecule has 0 spiro atoms. The summed E-state index contributed by atoms with van der Waals surface area (Å²) in [5.74, 6) is -2.55. The molecule has 0 saturated heterocycles. The number of carboxylic acid groups (broad SMARTS) is 1. The molecule has 1 aromatic rings. The average Bonchev–Trinajstić information content (AvgIpc) is 3.03. The molecule has 2 aliphatic rings. The maximum absolute atomic E-state index is 12.8. The number of amides is 1. The Morgan fingerprint density at radius 3 is 2.59 bits per heavy atom. The summed E-state index contributed by atoms with van der Waals surface area (Å²) in [6.07, 6.45) is 8.19. The number of ether oxygens (including phenoxy) is 1. The zero-order valence-corrected chi connectivity index (χ0v) is 16.4. The van der Waals surface area contributed by atoms with E-state index in [0.29, 0.717) is 29.3 Å². The van der Waals surface area contributed by atoms with E-state index in [0.717, 1.165) is 36.1 Å². The Hall–Kier alpha value is -2.15. The lowest BCUT2D eigenvalue weighted by atomic mass is 9.82. The third-order valence-electron chi connectivity index (χ3n) is 5.66. The SMILES string of the molecule is CC[C@@H]1CCc2c(sc(NC(=O)[C@H]3CC=CC[C@@H]3C(=O)O)c2C(=O)OC)C1. The van der Waals surface area contributed by atoms with Crippen molar-refractivity contribution in [1.29, 1.82) is 0 Å². The first-order valence-electron chi connectivity index (χ1n) is 9.37. The highest BCUT2D eigenvalue weighted by molar-refractivity contribution is 7.17. The second kappa shape index (κ2) is 8.25. The predicted octanol–water partition coefficient (Wildman–Crippen LogP) is 3.66. The van der Waals surface area contributed by atoms with Gasteiger partial charge in [-0.3, -0.25) is 9.59 Å². The first-order chi connectivity index (χ1) is 13.0. The van der Waals surface area contributed by atoms with Crippen molar-refractivity contribution in [2.45, 2.75) is 45.4 Å². The first kappa shape index (κ1) is 19.6. The molecular weight excluding hydrogens is 366 g/mol. The molecule has 27 heavy (non-hydrogen) atoms. The van der Waals surface area contributed by atoms with Crippen molar-refractivity contribution in [3.05, 3.63) is 28.2 Å². The van der Waals surface area contributed by atoms with Gasteiger partial charge in [-0.15, -0.1) is 11.3 Å². The molecule has 0 bridgehead atoms. The van der Waals surface area contributed by atoms with Crippen LogP contribution in [-0.2, 0) is 27.2 Å². The number of rotatable bonds is 5. The van der Waals surface area contributed by atoms with Crippen molar-refractivity contribution in [2.24, 2.45) is 17.8 Å². The fraction of sp³-hybridized carbons (Fsp3) is 0.550. The van der Waals surface area contributed by atoms with E-state index in [1.165, 1.54) is 18.4 Å². The molecule has 146 valence electrons. The van der Waals surface area contributed by atoms with Gasteiger partial charge < -0.3 is 15.2 Å². The third kappa shape index (κ3) is 3.93. The van der Waals surface area contributed by atoms with Gasteiger partial charge in [-0.05, 0) is 43.6 Å². The van der Waals surface area contributed by atoms with Crippen LogP contribution in [0, 0.1) is 17.8 Å². The molecule has 0 saturated carbocycles. The summed E-state index contributed by atoms with van der Waals surface area (Å²) < 4.78 is 4.95. The summed E-state index contributed by atoms with van der Waals surface area (Å²) in [6, 6.07) is 0. The average molecular weight is 391 g/mol. The second-order valence-corrected chi connectivity index (χ2v) is 8.31. The van der Waals surface area contributed by atoms with Crippen LogP contribution >= 0.6 is 11.3 Å². The molecule has 0 unspecified atom stereocenters. The molecule has 3 atom stereocenters. The lowest BCUT2D eigenvalue weighted by molar-refractivity contribution is -0.146. The molecule has 1 amide bonds. The van der Waals surface area contributed by atoms with Crippen LogP contribution in [0.5, 0.6) is 0 Å². The lowest BCUT2D eigenvalue weighted by Crippen LogP contribution is -2.34. The van der Waals surface area contributed by atoms with Gasteiger partial charge in [-0.2, -0.15) is 0 Å². The highest BCUT2D eigenvalue weighted by Gasteiger charge is 2.36. The topological polar surface area (TPSA) is 92.7 Å². The number of anilines is 1. The molecule has 1 heterocycles. The molecule has 2 aliphatic carbocycles.